The zero-order chi connectivity index (χ0) is 12.1. The number of benzene rings is 1. The van der Waals surface area contributed by atoms with Gasteiger partial charge in [-0.3, -0.25) is 0 Å². The smallest absolute Gasteiger partial charge is 0.0485 e. The first-order chi connectivity index (χ1) is 8.29. The lowest BCUT2D eigenvalue weighted by Gasteiger charge is -2.19. The third-order valence-electron chi connectivity index (χ3n) is 3.26. The highest BCUT2D eigenvalue weighted by atomic mass is 79.9. The molecule has 0 amide bonds. The molecule has 2 rings (SSSR count). The molecule has 0 spiro atoms. The second-order valence-electron chi connectivity index (χ2n) is 4.54. The minimum atomic E-state index is 0.559. The van der Waals surface area contributed by atoms with Gasteiger partial charge in [-0.1, -0.05) is 22.9 Å². The van der Waals surface area contributed by atoms with Gasteiger partial charge in [0.15, 0.2) is 0 Å². The first-order valence-corrected chi connectivity index (χ1v) is 7.21. The van der Waals surface area contributed by atoms with Gasteiger partial charge in [0.05, 0.1) is 0 Å². The number of anilines is 1. The Balaban J connectivity index is 2.06. The molecule has 1 aliphatic rings. The molecule has 1 aromatic rings. The van der Waals surface area contributed by atoms with E-state index >= 15 is 0 Å². The molecule has 0 saturated carbocycles. The Morgan fingerprint density at radius 2 is 2.24 bits per heavy atom. The van der Waals surface area contributed by atoms with Crippen LogP contribution in [0.15, 0.2) is 22.7 Å². The van der Waals surface area contributed by atoms with Gasteiger partial charge in [0, 0.05) is 29.4 Å². The fourth-order valence-corrected chi connectivity index (χ4v) is 2.67. The second-order valence-corrected chi connectivity index (χ2v) is 5.46. The van der Waals surface area contributed by atoms with E-state index in [1.807, 2.05) is 0 Å². The summed E-state index contributed by atoms with van der Waals surface area (Å²) in [6, 6.07) is 7.04. The Bertz CT molecular complexity index is 359. The molecule has 1 atom stereocenters. The van der Waals surface area contributed by atoms with E-state index in [0.717, 1.165) is 36.9 Å². The normalized spacial score (nSPS) is 20.9. The van der Waals surface area contributed by atoms with Gasteiger partial charge in [-0.25, -0.2) is 0 Å². The lowest BCUT2D eigenvalue weighted by molar-refractivity contribution is 0.144. The number of hydrogen-bond donors (Lipinski definition) is 1. The van der Waals surface area contributed by atoms with Crippen LogP contribution in [-0.2, 0) is 11.2 Å². The lowest BCUT2D eigenvalue weighted by Crippen LogP contribution is -2.20. The van der Waals surface area contributed by atoms with Crippen molar-refractivity contribution in [3.8, 4) is 0 Å². The summed E-state index contributed by atoms with van der Waals surface area (Å²) in [7, 11) is 0. The van der Waals surface area contributed by atoms with Gasteiger partial charge < -0.3 is 10.1 Å². The molecule has 1 N–H and O–H groups in total. The van der Waals surface area contributed by atoms with Crippen molar-refractivity contribution in [3.63, 3.8) is 0 Å². The Morgan fingerprint density at radius 3 is 3.06 bits per heavy atom. The predicted octanol–water partition coefficient (Wildman–Crippen LogP) is 3.99. The van der Waals surface area contributed by atoms with E-state index in [0.29, 0.717) is 6.04 Å². The van der Waals surface area contributed by atoms with E-state index < -0.39 is 0 Å². The molecule has 1 saturated heterocycles. The van der Waals surface area contributed by atoms with E-state index in [2.05, 4.69) is 46.4 Å². The molecule has 1 unspecified atom stereocenters. The average Bonchev–Trinajstić information content (AvgIpc) is 2.60. The van der Waals surface area contributed by atoms with Crippen LogP contribution in [0, 0.1) is 0 Å². The minimum Gasteiger partial charge on any atom is -0.382 e. The number of aryl methyl sites for hydroxylation is 1. The summed E-state index contributed by atoms with van der Waals surface area (Å²) in [5.74, 6) is 0. The van der Waals surface area contributed by atoms with Crippen molar-refractivity contribution in [3.05, 3.63) is 28.2 Å². The van der Waals surface area contributed by atoms with Gasteiger partial charge in [-0.05, 0) is 49.4 Å². The van der Waals surface area contributed by atoms with E-state index in [1.54, 1.807) is 0 Å². The highest BCUT2D eigenvalue weighted by molar-refractivity contribution is 9.10. The van der Waals surface area contributed by atoms with Crippen LogP contribution in [-0.4, -0.2) is 19.3 Å². The predicted molar refractivity (Wildman–Crippen MR) is 75.6 cm³/mol. The van der Waals surface area contributed by atoms with Crippen LogP contribution in [0.2, 0.25) is 0 Å². The molecule has 3 heteroatoms. The molecule has 1 aliphatic heterocycles. The van der Waals surface area contributed by atoms with Crippen molar-refractivity contribution in [1.82, 2.24) is 0 Å². The summed E-state index contributed by atoms with van der Waals surface area (Å²) in [5, 5.41) is 3.67. The second kappa shape index (κ2) is 6.41. The summed E-state index contributed by atoms with van der Waals surface area (Å²) in [5.41, 5.74) is 2.66. The molecule has 0 bridgehead atoms. The summed E-state index contributed by atoms with van der Waals surface area (Å²) in [6.45, 7) is 4.00. The number of halogens is 1. The molecule has 1 fully saturated rings. The van der Waals surface area contributed by atoms with Crippen LogP contribution >= 0.6 is 15.9 Å². The Morgan fingerprint density at radius 1 is 1.35 bits per heavy atom. The van der Waals surface area contributed by atoms with Crippen LogP contribution in [0.5, 0.6) is 0 Å². The lowest BCUT2D eigenvalue weighted by atomic mass is 10.1. The van der Waals surface area contributed by atoms with Gasteiger partial charge in [0.25, 0.3) is 0 Å². The number of ether oxygens (including phenoxy) is 1. The highest BCUT2D eigenvalue weighted by Gasteiger charge is 2.13. The van der Waals surface area contributed by atoms with Gasteiger partial charge in [0.1, 0.15) is 0 Å². The molecule has 0 aromatic heterocycles. The number of rotatable bonds is 3. The first kappa shape index (κ1) is 12.9. The van der Waals surface area contributed by atoms with Crippen LogP contribution in [0.3, 0.4) is 0 Å². The Labute approximate surface area is 112 Å². The van der Waals surface area contributed by atoms with E-state index in [4.69, 9.17) is 4.74 Å². The van der Waals surface area contributed by atoms with Gasteiger partial charge >= 0.3 is 0 Å². The molecule has 94 valence electrons. The van der Waals surface area contributed by atoms with Crippen molar-refractivity contribution in [1.29, 1.82) is 0 Å². The average molecular weight is 298 g/mol. The SMILES string of the molecule is CCc1cc(Br)ccc1NC1CCCOCC1. The standard InChI is InChI=1S/C14H20BrNO/c1-2-11-10-12(15)5-6-14(11)16-13-4-3-8-17-9-7-13/h5-6,10,13,16H,2-4,7-9H2,1H3. The molecule has 1 aromatic carbocycles. The number of hydrogen-bond acceptors (Lipinski definition) is 2. The topological polar surface area (TPSA) is 21.3 Å². The van der Waals surface area contributed by atoms with Crippen molar-refractivity contribution >= 4 is 21.6 Å². The van der Waals surface area contributed by atoms with Crippen molar-refractivity contribution in [2.45, 2.75) is 38.6 Å². The van der Waals surface area contributed by atoms with Gasteiger partial charge in [0.2, 0.25) is 0 Å². The maximum Gasteiger partial charge on any atom is 0.0485 e. The summed E-state index contributed by atoms with van der Waals surface area (Å²) in [6.07, 6.45) is 4.54. The largest absolute Gasteiger partial charge is 0.382 e. The van der Waals surface area contributed by atoms with E-state index in [9.17, 15) is 0 Å². The Hall–Kier alpha value is -0.540. The Kier molecular flexibility index (Phi) is 4.86. The third kappa shape index (κ3) is 3.71. The summed E-state index contributed by atoms with van der Waals surface area (Å²) in [4.78, 5) is 0. The highest BCUT2D eigenvalue weighted by Crippen LogP contribution is 2.24. The molecule has 2 nitrogen and oxygen atoms in total. The zero-order valence-corrected chi connectivity index (χ0v) is 11.9. The quantitative estimate of drug-likeness (QED) is 0.911. The monoisotopic (exact) mass is 297 g/mol. The van der Waals surface area contributed by atoms with E-state index in [1.165, 1.54) is 17.7 Å². The fourth-order valence-electron chi connectivity index (χ4n) is 2.26. The molecule has 0 aliphatic carbocycles. The summed E-state index contributed by atoms with van der Waals surface area (Å²) >= 11 is 3.53. The maximum absolute atomic E-state index is 5.49. The van der Waals surface area contributed by atoms with Gasteiger partial charge in [-0.2, -0.15) is 0 Å². The summed E-state index contributed by atoms with van der Waals surface area (Å²) < 4.78 is 6.65. The molecular formula is C14H20BrNO. The van der Waals surface area contributed by atoms with Crippen LogP contribution in [0.25, 0.3) is 0 Å². The van der Waals surface area contributed by atoms with Crippen LogP contribution in [0.4, 0.5) is 5.69 Å². The third-order valence-corrected chi connectivity index (χ3v) is 3.75. The molecule has 0 radical (unpaired) electrons. The molecule has 1 heterocycles. The molecular weight excluding hydrogens is 278 g/mol. The number of nitrogens with one attached hydrogen (secondary N) is 1. The van der Waals surface area contributed by atoms with Crippen molar-refractivity contribution in [2.75, 3.05) is 18.5 Å². The maximum atomic E-state index is 5.49. The fraction of sp³-hybridized carbons (Fsp3) is 0.571. The van der Waals surface area contributed by atoms with Crippen LogP contribution < -0.4 is 5.32 Å². The van der Waals surface area contributed by atoms with Gasteiger partial charge in [-0.15, -0.1) is 0 Å². The van der Waals surface area contributed by atoms with Crippen LogP contribution in [0.1, 0.15) is 31.7 Å². The zero-order valence-electron chi connectivity index (χ0n) is 10.3. The minimum absolute atomic E-state index is 0.559. The molecule has 17 heavy (non-hydrogen) atoms. The van der Waals surface area contributed by atoms with Crippen molar-refractivity contribution in [2.24, 2.45) is 0 Å². The van der Waals surface area contributed by atoms with Crippen molar-refractivity contribution < 1.29 is 4.74 Å². The first-order valence-electron chi connectivity index (χ1n) is 6.42. The van der Waals surface area contributed by atoms with E-state index in [-0.39, 0.29) is 0 Å².